The number of Topliss-reactive ketones (excluding diaryl/α,β-unsaturated/α-hetero) is 2. The summed E-state index contributed by atoms with van der Waals surface area (Å²) in [6.07, 6.45) is 1.19. The van der Waals surface area contributed by atoms with Gasteiger partial charge in [0.15, 0.2) is 11.6 Å². The predicted octanol–water partition coefficient (Wildman–Crippen LogP) is 2.20. The number of piperazine rings is 1. The van der Waals surface area contributed by atoms with Crippen molar-refractivity contribution in [2.24, 2.45) is 11.8 Å². The highest BCUT2D eigenvalue weighted by Gasteiger charge is 2.22. The Balaban J connectivity index is 0.000000278. The van der Waals surface area contributed by atoms with Gasteiger partial charge in [0, 0.05) is 61.2 Å². The maximum Gasteiger partial charge on any atom is 0.229 e. The van der Waals surface area contributed by atoms with Gasteiger partial charge in [0.25, 0.3) is 0 Å². The van der Waals surface area contributed by atoms with Crippen LogP contribution in [-0.2, 0) is 9.59 Å². The van der Waals surface area contributed by atoms with Crippen molar-refractivity contribution in [1.29, 1.82) is 0 Å². The fourth-order valence-corrected chi connectivity index (χ4v) is 3.27. The number of ketones is 2. The summed E-state index contributed by atoms with van der Waals surface area (Å²) in [4.78, 5) is 47.4. The molecule has 7 nitrogen and oxygen atoms in total. The van der Waals surface area contributed by atoms with E-state index in [0.717, 1.165) is 31.9 Å². The molecule has 29 heavy (non-hydrogen) atoms. The van der Waals surface area contributed by atoms with E-state index in [1.165, 1.54) is 6.92 Å². The van der Waals surface area contributed by atoms with Gasteiger partial charge in [-0.2, -0.15) is 0 Å². The van der Waals surface area contributed by atoms with E-state index in [1.807, 2.05) is 32.9 Å². The van der Waals surface area contributed by atoms with Crippen LogP contribution in [0.1, 0.15) is 61.3 Å². The lowest BCUT2D eigenvalue weighted by atomic mass is 9.94. The van der Waals surface area contributed by atoms with E-state index in [0.29, 0.717) is 24.0 Å². The fourth-order valence-electron chi connectivity index (χ4n) is 3.27. The van der Waals surface area contributed by atoms with Gasteiger partial charge >= 0.3 is 0 Å². The molecule has 1 aromatic carbocycles. The lowest BCUT2D eigenvalue weighted by molar-refractivity contribution is -0.135. The van der Waals surface area contributed by atoms with Crippen molar-refractivity contribution in [2.45, 2.75) is 40.5 Å². The van der Waals surface area contributed by atoms with Crippen LogP contribution < -0.4 is 15.5 Å². The molecule has 0 bridgehead atoms. The Kier molecular flexibility index (Phi) is 8.08. The summed E-state index contributed by atoms with van der Waals surface area (Å²) >= 11 is 0. The van der Waals surface area contributed by atoms with Gasteiger partial charge in [-0.25, -0.2) is 0 Å². The van der Waals surface area contributed by atoms with Gasteiger partial charge in [-0.05, 0) is 31.5 Å². The monoisotopic (exact) mass is 401 g/mol. The minimum Gasteiger partial charge on any atom is -0.369 e. The van der Waals surface area contributed by atoms with Crippen LogP contribution in [0, 0.1) is 11.8 Å². The average Bonchev–Trinajstić information content (AvgIpc) is 2.71. The van der Waals surface area contributed by atoms with E-state index < -0.39 is 0 Å². The molecule has 7 heteroatoms. The summed E-state index contributed by atoms with van der Waals surface area (Å²) in [5, 5.41) is 5.55. The third kappa shape index (κ3) is 6.22. The van der Waals surface area contributed by atoms with Crippen LogP contribution in [0.5, 0.6) is 0 Å². The summed E-state index contributed by atoms with van der Waals surface area (Å²) in [6.45, 7) is 10.8. The molecule has 3 rings (SSSR count). The summed E-state index contributed by atoms with van der Waals surface area (Å²) < 4.78 is 0. The number of imide groups is 1. The SMILES string of the molecule is CC(=O)c1cc(N2CCNCC2)ccc1C(=O)C(C)C.CC1CCC(=O)NC1=O. The normalized spacial score (nSPS) is 19.3. The van der Waals surface area contributed by atoms with Crippen molar-refractivity contribution < 1.29 is 19.2 Å². The van der Waals surface area contributed by atoms with E-state index in [1.54, 1.807) is 6.07 Å². The van der Waals surface area contributed by atoms with E-state index in [9.17, 15) is 19.2 Å². The molecule has 1 atom stereocenters. The Morgan fingerprint density at radius 3 is 2.28 bits per heavy atom. The molecule has 158 valence electrons. The lowest BCUT2D eigenvalue weighted by Crippen LogP contribution is -2.43. The van der Waals surface area contributed by atoms with Gasteiger partial charge in [0.2, 0.25) is 11.8 Å². The first-order valence-electron chi connectivity index (χ1n) is 10.2. The van der Waals surface area contributed by atoms with Gasteiger partial charge in [0.1, 0.15) is 0 Å². The number of benzene rings is 1. The van der Waals surface area contributed by atoms with Crippen molar-refractivity contribution in [3.63, 3.8) is 0 Å². The number of anilines is 1. The predicted molar refractivity (Wildman–Crippen MR) is 112 cm³/mol. The van der Waals surface area contributed by atoms with Crippen LogP contribution in [0.4, 0.5) is 5.69 Å². The molecule has 0 aromatic heterocycles. The standard InChI is InChI=1S/C16H22N2O2.C6H9NO2/c1-11(2)16(20)14-5-4-13(10-15(14)12(3)19)18-8-6-17-7-9-18;1-4-2-3-5(8)7-6(4)9/h4-5,10-11,17H,6-9H2,1-3H3;4H,2-3H2,1H3,(H,7,8,9). The van der Waals surface area contributed by atoms with Crippen LogP contribution in [0.15, 0.2) is 18.2 Å². The molecule has 2 aliphatic heterocycles. The molecule has 2 fully saturated rings. The van der Waals surface area contributed by atoms with Gasteiger partial charge < -0.3 is 10.2 Å². The average molecular weight is 402 g/mol. The van der Waals surface area contributed by atoms with Gasteiger partial charge in [-0.3, -0.25) is 24.5 Å². The number of hydrogen-bond donors (Lipinski definition) is 2. The molecule has 1 unspecified atom stereocenters. The highest BCUT2D eigenvalue weighted by atomic mass is 16.2. The Labute approximate surface area is 172 Å². The third-order valence-corrected chi connectivity index (χ3v) is 5.17. The molecule has 0 saturated carbocycles. The summed E-state index contributed by atoms with van der Waals surface area (Å²) in [7, 11) is 0. The molecule has 2 N–H and O–H groups in total. The highest BCUT2D eigenvalue weighted by Crippen LogP contribution is 2.23. The number of carbonyl (C=O) groups is 4. The van der Waals surface area contributed by atoms with Crippen LogP contribution in [0.3, 0.4) is 0 Å². The molecular weight excluding hydrogens is 370 g/mol. The van der Waals surface area contributed by atoms with E-state index in [-0.39, 0.29) is 35.2 Å². The molecule has 2 heterocycles. The summed E-state index contributed by atoms with van der Waals surface area (Å²) in [5.74, 6) is -0.377. The third-order valence-electron chi connectivity index (χ3n) is 5.17. The van der Waals surface area contributed by atoms with Gasteiger partial charge in [-0.15, -0.1) is 0 Å². The molecule has 0 spiro atoms. The van der Waals surface area contributed by atoms with Gasteiger partial charge in [-0.1, -0.05) is 20.8 Å². The first-order valence-corrected chi connectivity index (χ1v) is 10.2. The van der Waals surface area contributed by atoms with E-state index >= 15 is 0 Å². The maximum atomic E-state index is 12.2. The van der Waals surface area contributed by atoms with Gasteiger partial charge in [0.05, 0.1) is 0 Å². The van der Waals surface area contributed by atoms with Crippen LogP contribution >= 0.6 is 0 Å². The topological polar surface area (TPSA) is 95.6 Å². The van der Waals surface area contributed by atoms with Crippen molar-refractivity contribution >= 4 is 29.1 Å². The van der Waals surface area contributed by atoms with E-state index in [2.05, 4.69) is 15.5 Å². The second kappa shape index (κ2) is 10.3. The summed E-state index contributed by atoms with van der Waals surface area (Å²) in [5.41, 5.74) is 2.11. The number of piperidine rings is 1. The Morgan fingerprint density at radius 2 is 1.76 bits per heavy atom. The number of amides is 2. The molecule has 2 aliphatic rings. The zero-order chi connectivity index (χ0) is 21.6. The number of nitrogens with zero attached hydrogens (tertiary/aromatic N) is 1. The quantitative estimate of drug-likeness (QED) is 0.593. The largest absolute Gasteiger partial charge is 0.369 e. The van der Waals surface area contributed by atoms with E-state index in [4.69, 9.17) is 0 Å². The van der Waals surface area contributed by atoms with Crippen molar-refractivity contribution in [1.82, 2.24) is 10.6 Å². The minimum atomic E-state index is -0.141. The Morgan fingerprint density at radius 1 is 1.10 bits per heavy atom. The minimum absolute atomic E-state index is 0.0164. The second-order valence-electron chi connectivity index (χ2n) is 7.89. The molecule has 0 aliphatic carbocycles. The second-order valence-corrected chi connectivity index (χ2v) is 7.89. The molecule has 1 aromatic rings. The smallest absolute Gasteiger partial charge is 0.229 e. The van der Waals surface area contributed by atoms with Crippen LogP contribution in [0.2, 0.25) is 0 Å². The fraction of sp³-hybridized carbons (Fsp3) is 0.545. The molecular formula is C22H31N3O4. The highest BCUT2D eigenvalue weighted by molar-refractivity contribution is 6.09. The lowest BCUT2D eigenvalue weighted by Gasteiger charge is -2.30. The van der Waals surface area contributed by atoms with Crippen molar-refractivity contribution in [3.05, 3.63) is 29.3 Å². The zero-order valence-electron chi connectivity index (χ0n) is 17.7. The van der Waals surface area contributed by atoms with Crippen LogP contribution in [0.25, 0.3) is 0 Å². The Bertz CT molecular complexity index is 782. The number of rotatable bonds is 4. The van der Waals surface area contributed by atoms with Crippen molar-refractivity contribution in [2.75, 3.05) is 31.1 Å². The number of hydrogen-bond acceptors (Lipinski definition) is 6. The van der Waals surface area contributed by atoms with Crippen molar-refractivity contribution in [3.8, 4) is 0 Å². The number of nitrogens with one attached hydrogen (secondary N) is 2. The molecule has 2 saturated heterocycles. The van der Waals surface area contributed by atoms with Crippen LogP contribution in [-0.4, -0.2) is 49.6 Å². The molecule has 2 amide bonds. The first kappa shape index (κ1) is 22.7. The molecule has 0 radical (unpaired) electrons. The maximum absolute atomic E-state index is 12.2. The number of carbonyl (C=O) groups excluding carboxylic acids is 4. The zero-order valence-corrected chi connectivity index (χ0v) is 17.7. The Hall–Kier alpha value is -2.54. The first-order chi connectivity index (χ1) is 13.7. The summed E-state index contributed by atoms with van der Waals surface area (Å²) in [6, 6.07) is 5.62.